The van der Waals surface area contributed by atoms with Gasteiger partial charge in [0.05, 0.1) is 33.5 Å². The van der Waals surface area contributed by atoms with E-state index in [0.29, 0.717) is 5.82 Å². The lowest BCUT2D eigenvalue weighted by atomic mass is 10.1. The minimum atomic E-state index is 0.698. The van der Waals surface area contributed by atoms with E-state index in [1.54, 1.807) is 0 Å². The molecule has 0 aliphatic carbocycles. The highest BCUT2D eigenvalue weighted by atomic mass is 32.1. The lowest BCUT2D eigenvalue weighted by Crippen LogP contribution is -1.98. The predicted molar refractivity (Wildman–Crippen MR) is 240 cm³/mol. The number of benzene rings is 8. The Morgan fingerprint density at radius 2 is 0.772 bits per heavy atom. The zero-order valence-electron chi connectivity index (χ0n) is 30.7. The number of para-hydroxylation sites is 3. The number of hydrogen-bond donors (Lipinski definition) is 0. The van der Waals surface area contributed by atoms with Gasteiger partial charge in [0.2, 0.25) is 0 Å². The molecule has 0 fully saturated rings. The Morgan fingerprint density at radius 1 is 0.316 bits per heavy atom. The van der Waals surface area contributed by atoms with Crippen LogP contribution in [0.1, 0.15) is 0 Å². The van der Waals surface area contributed by atoms with E-state index in [1.165, 1.54) is 69.5 Å². The topological polar surface area (TPSA) is 35.6 Å². The van der Waals surface area contributed by atoms with E-state index >= 15 is 0 Å². The largest absolute Gasteiger partial charge is 0.309 e. The standard InChI is InChI=1S/C52H32N4S/c1-4-15-33(16-5-1)44-30-45(34-17-6-2-7-18-34)54-52(53-44)35-19-14-22-37(27-35)56-47-26-13-11-24-39(47)41-29-43-42-28-40-38-23-10-12-25-46(38)55(36-20-8-3-9-21-36)48(40)31-50(42)57-51(43)32-49(41)56/h1-32H. The van der Waals surface area contributed by atoms with Crippen molar-refractivity contribution in [2.75, 3.05) is 0 Å². The van der Waals surface area contributed by atoms with Gasteiger partial charge in [-0.3, -0.25) is 0 Å². The summed E-state index contributed by atoms with van der Waals surface area (Å²) in [6.45, 7) is 0. The Morgan fingerprint density at radius 3 is 1.33 bits per heavy atom. The number of fused-ring (bicyclic) bond motifs is 9. The zero-order chi connectivity index (χ0) is 37.5. The summed E-state index contributed by atoms with van der Waals surface area (Å²) in [5.74, 6) is 0.698. The van der Waals surface area contributed by atoms with Crippen LogP contribution in [0.2, 0.25) is 0 Å². The van der Waals surface area contributed by atoms with Crippen molar-refractivity contribution in [3.05, 3.63) is 194 Å². The van der Waals surface area contributed by atoms with Crippen molar-refractivity contribution in [1.82, 2.24) is 19.1 Å². The first-order valence-electron chi connectivity index (χ1n) is 19.2. The molecule has 8 aromatic carbocycles. The number of aromatic nitrogens is 4. The van der Waals surface area contributed by atoms with Gasteiger partial charge in [-0.15, -0.1) is 11.3 Å². The van der Waals surface area contributed by atoms with Crippen molar-refractivity contribution in [3.63, 3.8) is 0 Å². The summed E-state index contributed by atoms with van der Waals surface area (Å²) in [7, 11) is 0. The average molecular weight is 745 g/mol. The molecule has 57 heavy (non-hydrogen) atoms. The van der Waals surface area contributed by atoms with Gasteiger partial charge in [-0.2, -0.15) is 0 Å². The predicted octanol–water partition coefficient (Wildman–Crippen LogP) is 14.0. The number of nitrogens with zero attached hydrogens (tertiary/aromatic N) is 4. The lowest BCUT2D eigenvalue weighted by molar-refractivity contribution is 1.16. The van der Waals surface area contributed by atoms with Gasteiger partial charge in [0, 0.05) is 69.8 Å². The van der Waals surface area contributed by atoms with Crippen LogP contribution in [0.3, 0.4) is 0 Å². The van der Waals surface area contributed by atoms with Gasteiger partial charge in [-0.1, -0.05) is 127 Å². The van der Waals surface area contributed by atoms with Crippen LogP contribution in [0.4, 0.5) is 0 Å². The molecule has 0 spiro atoms. The Bertz CT molecular complexity index is 3450. The van der Waals surface area contributed by atoms with Crippen LogP contribution in [0, 0.1) is 0 Å². The van der Waals surface area contributed by atoms with E-state index in [9.17, 15) is 0 Å². The first-order chi connectivity index (χ1) is 28.2. The molecule has 0 bridgehead atoms. The maximum atomic E-state index is 5.15. The average Bonchev–Trinajstić information content (AvgIpc) is 3.92. The third-order valence-electron chi connectivity index (χ3n) is 11.3. The normalized spacial score (nSPS) is 11.9. The molecule has 0 saturated carbocycles. The van der Waals surface area contributed by atoms with E-state index < -0.39 is 0 Å². The van der Waals surface area contributed by atoms with Gasteiger partial charge in [-0.05, 0) is 66.7 Å². The third kappa shape index (κ3) is 5.06. The molecular formula is C52H32N4S. The Balaban J connectivity index is 1.06. The van der Waals surface area contributed by atoms with Gasteiger partial charge in [0.15, 0.2) is 5.82 Å². The van der Waals surface area contributed by atoms with Crippen molar-refractivity contribution in [1.29, 1.82) is 0 Å². The maximum absolute atomic E-state index is 5.15. The quantitative estimate of drug-likeness (QED) is 0.176. The molecule has 0 radical (unpaired) electrons. The molecule has 0 aliphatic heterocycles. The highest BCUT2D eigenvalue weighted by molar-refractivity contribution is 7.26. The first-order valence-corrected chi connectivity index (χ1v) is 20.1. The number of rotatable bonds is 5. The second-order valence-corrected chi connectivity index (χ2v) is 15.7. The maximum Gasteiger partial charge on any atom is 0.160 e. The molecule has 5 heteroatoms. The summed E-state index contributed by atoms with van der Waals surface area (Å²) in [4.78, 5) is 10.3. The summed E-state index contributed by atoms with van der Waals surface area (Å²) in [6, 6.07) is 69.4. The SMILES string of the molecule is c1ccc(-c2cc(-c3ccccc3)nc(-c3cccc(-n4c5ccccc5c5cc6c(cc54)sc4cc5c(cc46)c4ccccc4n5-c4ccccc4)c3)n2)cc1. The Hall–Kier alpha value is -7.34. The molecule has 0 unspecified atom stereocenters. The molecule has 0 N–H and O–H groups in total. The molecule has 4 nitrogen and oxygen atoms in total. The molecule has 4 heterocycles. The third-order valence-corrected chi connectivity index (χ3v) is 12.4. The van der Waals surface area contributed by atoms with Gasteiger partial charge in [0.25, 0.3) is 0 Å². The molecule has 0 aliphatic rings. The van der Waals surface area contributed by atoms with Crippen molar-refractivity contribution in [2.45, 2.75) is 0 Å². The first kappa shape index (κ1) is 32.0. The summed E-state index contributed by atoms with van der Waals surface area (Å²) in [5.41, 5.74) is 11.9. The minimum absolute atomic E-state index is 0.698. The fourth-order valence-electron chi connectivity index (χ4n) is 8.71. The van der Waals surface area contributed by atoms with E-state index in [4.69, 9.17) is 9.97 Å². The molecule has 0 atom stereocenters. The van der Waals surface area contributed by atoms with Crippen molar-refractivity contribution < 1.29 is 0 Å². The summed E-state index contributed by atoms with van der Waals surface area (Å²) >= 11 is 1.87. The van der Waals surface area contributed by atoms with Crippen LogP contribution in [0.5, 0.6) is 0 Å². The summed E-state index contributed by atoms with van der Waals surface area (Å²) < 4.78 is 7.37. The number of hydrogen-bond acceptors (Lipinski definition) is 3. The summed E-state index contributed by atoms with van der Waals surface area (Å²) in [6.07, 6.45) is 0. The smallest absolute Gasteiger partial charge is 0.160 e. The van der Waals surface area contributed by atoms with E-state index in [1.807, 2.05) is 23.5 Å². The second-order valence-electron chi connectivity index (χ2n) is 14.6. The second kappa shape index (κ2) is 12.6. The molecular weight excluding hydrogens is 713 g/mol. The molecule has 0 amide bonds. The van der Waals surface area contributed by atoms with Crippen LogP contribution < -0.4 is 0 Å². The van der Waals surface area contributed by atoms with Crippen molar-refractivity contribution in [3.8, 4) is 45.3 Å². The minimum Gasteiger partial charge on any atom is -0.309 e. The van der Waals surface area contributed by atoms with Crippen LogP contribution in [-0.2, 0) is 0 Å². The highest BCUT2D eigenvalue weighted by Crippen LogP contribution is 2.44. The van der Waals surface area contributed by atoms with Gasteiger partial charge < -0.3 is 9.13 Å². The number of thiophene rings is 1. The Kier molecular flexibility index (Phi) is 7.06. The zero-order valence-corrected chi connectivity index (χ0v) is 31.5. The molecule has 12 aromatic rings. The van der Waals surface area contributed by atoms with Crippen molar-refractivity contribution >= 4 is 75.1 Å². The van der Waals surface area contributed by atoms with E-state index in [2.05, 4.69) is 191 Å². The van der Waals surface area contributed by atoms with E-state index in [0.717, 1.165) is 33.8 Å². The molecule has 12 rings (SSSR count). The van der Waals surface area contributed by atoms with Crippen LogP contribution in [0.15, 0.2) is 194 Å². The fourth-order valence-corrected chi connectivity index (χ4v) is 9.84. The lowest BCUT2D eigenvalue weighted by Gasteiger charge is -2.12. The van der Waals surface area contributed by atoms with Crippen LogP contribution in [0.25, 0.3) is 109 Å². The van der Waals surface area contributed by atoms with Gasteiger partial charge in [0.1, 0.15) is 0 Å². The van der Waals surface area contributed by atoms with Crippen LogP contribution >= 0.6 is 11.3 Å². The molecule has 266 valence electrons. The fraction of sp³-hybridized carbons (Fsp3) is 0. The molecule has 0 saturated heterocycles. The Labute approximate surface area is 332 Å². The van der Waals surface area contributed by atoms with Crippen molar-refractivity contribution in [2.24, 2.45) is 0 Å². The van der Waals surface area contributed by atoms with Gasteiger partial charge in [-0.25, -0.2) is 9.97 Å². The monoisotopic (exact) mass is 744 g/mol. The van der Waals surface area contributed by atoms with Gasteiger partial charge >= 0.3 is 0 Å². The highest BCUT2D eigenvalue weighted by Gasteiger charge is 2.19. The summed E-state index contributed by atoms with van der Waals surface area (Å²) in [5, 5.41) is 7.60. The van der Waals surface area contributed by atoms with Crippen LogP contribution in [-0.4, -0.2) is 19.1 Å². The van der Waals surface area contributed by atoms with E-state index in [-0.39, 0.29) is 0 Å². The molecule has 4 aromatic heterocycles.